The minimum atomic E-state index is -0.0764. The molecule has 3 heteroatoms. The summed E-state index contributed by atoms with van der Waals surface area (Å²) in [7, 11) is 1.46. The normalized spacial score (nSPS) is 19.3. The molecule has 1 heterocycles. The molecule has 0 aromatic carbocycles. The van der Waals surface area contributed by atoms with Crippen LogP contribution in [0.4, 0.5) is 0 Å². The minimum absolute atomic E-state index is 0.0764. The number of ether oxygens (including phenoxy) is 2. The van der Waals surface area contributed by atoms with Crippen LogP contribution in [0.3, 0.4) is 0 Å². The number of hydrogen-bond donors (Lipinski definition) is 0. The monoisotopic (exact) mass is 270 g/mol. The maximum Gasteiger partial charge on any atom is 0.305 e. The molecule has 0 aliphatic carbocycles. The Morgan fingerprint density at radius 1 is 1.05 bits per heavy atom. The molecule has 1 saturated heterocycles. The highest BCUT2D eigenvalue weighted by Gasteiger charge is 2.12. The number of hydrogen-bond acceptors (Lipinski definition) is 3. The van der Waals surface area contributed by atoms with Gasteiger partial charge in [-0.3, -0.25) is 4.79 Å². The molecule has 0 N–H and O–H groups in total. The van der Waals surface area contributed by atoms with Crippen molar-refractivity contribution in [2.24, 2.45) is 0 Å². The van der Waals surface area contributed by atoms with E-state index in [1.165, 1.54) is 64.9 Å². The van der Waals surface area contributed by atoms with Crippen LogP contribution >= 0.6 is 0 Å². The second-order valence-electron chi connectivity index (χ2n) is 5.58. The predicted octanol–water partition coefficient (Wildman–Crippen LogP) is 4.24. The molecular weight excluding hydrogens is 240 g/mol. The molecule has 0 amide bonds. The van der Waals surface area contributed by atoms with Crippen molar-refractivity contribution in [1.29, 1.82) is 0 Å². The van der Waals surface area contributed by atoms with Gasteiger partial charge in [0.15, 0.2) is 0 Å². The molecule has 1 aliphatic rings. The first-order chi connectivity index (χ1) is 9.33. The van der Waals surface area contributed by atoms with Crippen LogP contribution < -0.4 is 0 Å². The fourth-order valence-electron chi connectivity index (χ4n) is 2.66. The first kappa shape index (κ1) is 16.5. The molecule has 1 unspecified atom stereocenters. The summed E-state index contributed by atoms with van der Waals surface area (Å²) < 4.78 is 10.3. The van der Waals surface area contributed by atoms with Crippen molar-refractivity contribution in [3.8, 4) is 0 Å². The lowest BCUT2D eigenvalue weighted by Gasteiger charge is -2.22. The molecule has 0 radical (unpaired) electrons. The Bertz CT molecular complexity index is 222. The standard InChI is InChI=1S/C16H30O3/c1-18-16(17)13-8-6-4-2-3-5-7-11-15-12-9-10-14-19-15/h15H,2-14H2,1H3. The number of rotatable bonds is 10. The van der Waals surface area contributed by atoms with Crippen LogP contribution in [0, 0.1) is 0 Å². The smallest absolute Gasteiger partial charge is 0.305 e. The number of methoxy groups -OCH3 is 1. The molecule has 1 rings (SSSR count). The van der Waals surface area contributed by atoms with E-state index in [2.05, 4.69) is 4.74 Å². The third kappa shape index (κ3) is 9.04. The summed E-state index contributed by atoms with van der Waals surface area (Å²) in [5, 5.41) is 0. The van der Waals surface area contributed by atoms with E-state index in [1.54, 1.807) is 0 Å². The summed E-state index contributed by atoms with van der Waals surface area (Å²) in [6.07, 6.45) is 14.9. The van der Waals surface area contributed by atoms with E-state index < -0.39 is 0 Å². The van der Waals surface area contributed by atoms with Crippen LogP contribution in [-0.4, -0.2) is 25.8 Å². The van der Waals surface area contributed by atoms with Gasteiger partial charge in [-0.25, -0.2) is 0 Å². The molecule has 0 aromatic rings. The van der Waals surface area contributed by atoms with Gasteiger partial charge in [-0.05, 0) is 32.1 Å². The third-order valence-electron chi connectivity index (χ3n) is 3.91. The molecule has 19 heavy (non-hydrogen) atoms. The van der Waals surface area contributed by atoms with Crippen LogP contribution in [0.5, 0.6) is 0 Å². The fourth-order valence-corrected chi connectivity index (χ4v) is 2.66. The lowest BCUT2D eigenvalue weighted by atomic mass is 10.0. The maximum atomic E-state index is 10.9. The molecule has 112 valence electrons. The van der Waals surface area contributed by atoms with Crippen molar-refractivity contribution in [1.82, 2.24) is 0 Å². The second-order valence-corrected chi connectivity index (χ2v) is 5.58. The lowest BCUT2D eigenvalue weighted by molar-refractivity contribution is -0.140. The van der Waals surface area contributed by atoms with Crippen molar-refractivity contribution in [2.75, 3.05) is 13.7 Å². The van der Waals surface area contributed by atoms with Gasteiger partial charge < -0.3 is 9.47 Å². The fraction of sp³-hybridized carbons (Fsp3) is 0.938. The van der Waals surface area contributed by atoms with Gasteiger partial charge in [0.2, 0.25) is 0 Å². The number of carbonyl (C=O) groups excluding carboxylic acids is 1. The van der Waals surface area contributed by atoms with Gasteiger partial charge in [-0.1, -0.05) is 38.5 Å². The van der Waals surface area contributed by atoms with Gasteiger partial charge in [-0.2, -0.15) is 0 Å². The molecule has 0 aromatic heterocycles. The SMILES string of the molecule is COC(=O)CCCCCCCCCC1CCCCO1. The van der Waals surface area contributed by atoms with Crippen molar-refractivity contribution in [3.63, 3.8) is 0 Å². The van der Waals surface area contributed by atoms with Crippen LogP contribution in [0.1, 0.15) is 77.0 Å². The highest BCUT2D eigenvalue weighted by atomic mass is 16.5. The van der Waals surface area contributed by atoms with Crippen LogP contribution in [0.15, 0.2) is 0 Å². The van der Waals surface area contributed by atoms with Crippen molar-refractivity contribution >= 4 is 5.97 Å². The van der Waals surface area contributed by atoms with Gasteiger partial charge in [0.25, 0.3) is 0 Å². The Labute approximate surface area is 118 Å². The van der Waals surface area contributed by atoms with Crippen LogP contribution in [-0.2, 0) is 14.3 Å². The first-order valence-electron chi connectivity index (χ1n) is 8.01. The van der Waals surface area contributed by atoms with Gasteiger partial charge in [0.1, 0.15) is 0 Å². The first-order valence-corrected chi connectivity index (χ1v) is 8.01. The Hall–Kier alpha value is -0.570. The zero-order valence-electron chi connectivity index (χ0n) is 12.5. The van der Waals surface area contributed by atoms with Crippen LogP contribution in [0.25, 0.3) is 0 Å². The summed E-state index contributed by atoms with van der Waals surface area (Å²) in [6.45, 7) is 0.977. The van der Waals surface area contributed by atoms with Crippen molar-refractivity contribution < 1.29 is 14.3 Å². The summed E-state index contributed by atoms with van der Waals surface area (Å²) in [5.41, 5.74) is 0. The highest BCUT2D eigenvalue weighted by molar-refractivity contribution is 5.68. The van der Waals surface area contributed by atoms with Gasteiger partial charge in [0.05, 0.1) is 13.2 Å². The van der Waals surface area contributed by atoms with E-state index in [-0.39, 0.29) is 5.97 Å². The predicted molar refractivity (Wildman–Crippen MR) is 77.2 cm³/mol. The highest BCUT2D eigenvalue weighted by Crippen LogP contribution is 2.19. The van der Waals surface area contributed by atoms with E-state index in [4.69, 9.17) is 4.74 Å². The van der Waals surface area contributed by atoms with E-state index in [0.29, 0.717) is 12.5 Å². The Kier molecular flexibility index (Phi) is 9.78. The Balaban J connectivity index is 1.77. The Morgan fingerprint density at radius 2 is 1.74 bits per heavy atom. The number of esters is 1. The molecule has 0 saturated carbocycles. The van der Waals surface area contributed by atoms with Gasteiger partial charge >= 0.3 is 5.97 Å². The summed E-state index contributed by atoms with van der Waals surface area (Å²) >= 11 is 0. The quantitative estimate of drug-likeness (QED) is 0.440. The van der Waals surface area contributed by atoms with Crippen molar-refractivity contribution in [3.05, 3.63) is 0 Å². The molecule has 1 aliphatic heterocycles. The van der Waals surface area contributed by atoms with Crippen molar-refractivity contribution in [2.45, 2.75) is 83.2 Å². The molecule has 3 nitrogen and oxygen atoms in total. The minimum Gasteiger partial charge on any atom is -0.469 e. The molecule has 1 fully saturated rings. The second kappa shape index (κ2) is 11.3. The third-order valence-corrected chi connectivity index (χ3v) is 3.91. The van der Waals surface area contributed by atoms with E-state index >= 15 is 0 Å². The average molecular weight is 270 g/mol. The molecular formula is C16H30O3. The average Bonchev–Trinajstić information content (AvgIpc) is 2.46. The summed E-state index contributed by atoms with van der Waals surface area (Å²) in [5.74, 6) is -0.0764. The van der Waals surface area contributed by atoms with E-state index in [0.717, 1.165) is 19.4 Å². The number of carbonyl (C=O) groups is 1. The molecule has 1 atom stereocenters. The molecule has 0 bridgehead atoms. The van der Waals surface area contributed by atoms with E-state index in [9.17, 15) is 4.79 Å². The van der Waals surface area contributed by atoms with Gasteiger partial charge in [-0.15, -0.1) is 0 Å². The zero-order chi connectivity index (χ0) is 13.8. The van der Waals surface area contributed by atoms with Crippen LogP contribution in [0.2, 0.25) is 0 Å². The topological polar surface area (TPSA) is 35.5 Å². The maximum absolute atomic E-state index is 10.9. The molecule has 0 spiro atoms. The lowest BCUT2D eigenvalue weighted by Crippen LogP contribution is -2.18. The zero-order valence-corrected chi connectivity index (χ0v) is 12.5. The van der Waals surface area contributed by atoms with E-state index in [1.807, 2.05) is 0 Å². The summed E-state index contributed by atoms with van der Waals surface area (Å²) in [6, 6.07) is 0. The Morgan fingerprint density at radius 3 is 2.37 bits per heavy atom. The van der Waals surface area contributed by atoms with Gasteiger partial charge in [0, 0.05) is 13.0 Å². The summed E-state index contributed by atoms with van der Waals surface area (Å²) in [4.78, 5) is 10.9. The largest absolute Gasteiger partial charge is 0.469 e. The number of unbranched alkanes of at least 4 members (excludes halogenated alkanes) is 6.